The quantitative estimate of drug-likeness (QED) is 0.245. The minimum absolute atomic E-state index is 0.0597. The van der Waals surface area contributed by atoms with E-state index in [1.807, 2.05) is 0 Å². The first-order valence-electron chi connectivity index (χ1n) is 16.5. The van der Waals surface area contributed by atoms with Crippen molar-refractivity contribution in [3.05, 3.63) is 41.5 Å². The zero-order valence-electron chi connectivity index (χ0n) is 27.2. The predicted octanol–water partition coefficient (Wildman–Crippen LogP) is 7.77. The van der Waals surface area contributed by atoms with E-state index >= 15 is 0 Å². The molecule has 0 aliphatic heterocycles. The lowest BCUT2D eigenvalue weighted by atomic mass is 9.34. The number of hydrogen-bond acceptors (Lipinski definition) is 5. The van der Waals surface area contributed by atoms with Crippen LogP contribution >= 0.6 is 0 Å². The summed E-state index contributed by atoms with van der Waals surface area (Å²) in [5.74, 6) is -0.249. The molecule has 5 aliphatic rings. The van der Waals surface area contributed by atoms with Crippen LogP contribution in [-0.4, -0.2) is 39.5 Å². The number of fused-ring (bicyclic) bond motifs is 7. The summed E-state index contributed by atoms with van der Waals surface area (Å²) in [7, 11) is 0. The zero-order chi connectivity index (χ0) is 31.4. The van der Waals surface area contributed by atoms with Gasteiger partial charge in [0.25, 0.3) is 0 Å². The van der Waals surface area contributed by atoms with E-state index in [9.17, 15) is 24.9 Å². The van der Waals surface area contributed by atoms with Crippen LogP contribution in [0.3, 0.4) is 0 Å². The first kappa shape index (κ1) is 30.7. The molecule has 3 N–H and O–H groups in total. The molecule has 0 heterocycles. The van der Waals surface area contributed by atoms with E-state index in [0.29, 0.717) is 24.3 Å². The van der Waals surface area contributed by atoms with Crippen molar-refractivity contribution in [2.75, 3.05) is 0 Å². The van der Waals surface area contributed by atoms with Crippen molar-refractivity contribution in [1.82, 2.24) is 0 Å². The SMILES string of the molecule is CC1(C)CC[C@]2(C(=O)O)CC=C3[C@]4(C)CC[C@H]5C(C)(C)[C@@H](OC(=O)c6ccc(O)cc6)[C@H](O)C[C@]5(C)C4CC[C@@]3(C)[C@@H]2C1. The number of rotatable bonds is 3. The molecule has 0 aromatic heterocycles. The number of ether oxygens (including phenoxy) is 1. The molecular formula is C37H52O6. The number of carboxylic acid groups (broad SMARTS) is 1. The number of aliphatic hydroxyl groups excluding tert-OH is 1. The molecule has 1 unspecified atom stereocenters. The molecule has 6 heteroatoms. The van der Waals surface area contributed by atoms with Gasteiger partial charge in [0.15, 0.2) is 0 Å². The summed E-state index contributed by atoms with van der Waals surface area (Å²) in [6, 6.07) is 6.06. The second-order valence-corrected chi connectivity index (χ2v) is 17.2. The minimum atomic E-state index is -0.785. The highest BCUT2D eigenvalue weighted by Crippen LogP contribution is 2.75. The number of benzene rings is 1. The summed E-state index contributed by atoms with van der Waals surface area (Å²) in [5, 5.41) is 32.0. The van der Waals surface area contributed by atoms with Gasteiger partial charge in [0.05, 0.1) is 17.1 Å². The van der Waals surface area contributed by atoms with Crippen LogP contribution in [-0.2, 0) is 9.53 Å². The molecule has 5 aliphatic carbocycles. The molecule has 1 aromatic carbocycles. The molecule has 0 amide bonds. The van der Waals surface area contributed by atoms with Gasteiger partial charge in [-0.05, 0) is 121 Å². The zero-order valence-corrected chi connectivity index (χ0v) is 27.2. The molecule has 4 saturated carbocycles. The highest BCUT2D eigenvalue weighted by atomic mass is 16.6. The Kier molecular flexibility index (Phi) is 6.83. The molecule has 4 fully saturated rings. The third kappa shape index (κ3) is 4.28. The van der Waals surface area contributed by atoms with Gasteiger partial charge in [0.1, 0.15) is 11.9 Å². The Hall–Kier alpha value is -2.34. The normalized spacial score (nSPS) is 44.5. The molecule has 6 nitrogen and oxygen atoms in total. The van der Waals surface area contributed by atoms with Gasteiger partial charge < -0.3 is 20.1 Å². The van der Waals surface area contributed by atoms with Crippen LogP contribution in [0.15, 0.2) is 35.9 Å². The molecule has 0 radical (unpaired) electrons. The van der Waals surface area contributed by atoms with Crippen molar-refractivity contribution in [3.8, 4) is 5.75 Å². The predicted molar refractivity (Wildman–Crippen MR) is 165 cm³/mol. The number of aliphatic hydroxyl groups is 1. The van der Waals surface area contributed by atoms with Crippen molar-refractivity contribution in [2.24, 2.45) is 50.2 Å². The second-order valence-electron chi connectivity index (χ2n) is 17.2. The van der Waals surface area contributed by atoms with Crippen LogP contribution in [0.2, 0.25) is 0 Å². The third-order valence-electron chi connectivity index (χ3n) is 14.0. The highest BCUT2D eigenvalue weighted by molar-refractivity contribution is 5.89. The van der Waals surface area contributed by atoms with Gasteiger partial charge in [-0.25, -0.2) is 4.79 Å². The Balaban J connectivity index is 1.32. The average molecular weight is 593 g/mol. The van der Waals surface area contributed by atoms with Gasteiger partial charge in [-0.3, -0.25) is 4.79 Å². The smallest absolute Gasteiger partial charge is 0.338 e. The summed E-state index contributed by atoms with van der Waals surface area (Å²) in [5.41, 5.74) is 0.536. The number of carbonyl (C=O) groups is 2. The van der Waals surface area contributed by atoms with E-state index in [1.54, 1.807) is 12.1 Å². The molecule has 0 saturated heterocycles. The van der Waals surface area contributed by atoms with Crippen LogP contribution in [0.1, 0.15) is 117 Å². The Morgan fingerprint density at radius 1 is 0.814 bits per heavy atom. The summed E-state index contributed by atoms with van der Waals surface area (Å²) < 4.78 is 6.08. The van der Waals surface area contributed by atoms with Gasteiger partial charge >= 0.3 is 11.9 Å². The van der Waals surface area contributed by atoms with E-state index in [-0.39, 0.29) is 39.2 Å². The second kappa shape index (κ2) is 9.58. The van der Waals surface area contributed by atoms with E-state index < -0.39 is 35.0 Å². The molecule has 43 heavy (non-hydrogen) atoms. The Morgan fingerprint density at radius 2 is 1.42 bits per heavy atom. The molecule has 0 bridgehead atoms. The number of hydrogen-bond donors (Lipinski definition) is 3. The van der Waals surface area contributed by atoms with Crippen molar-refractivity contribution in [2.45, 2.75) is 118 Å². The van der Waals surface area contributed by atoms with Crippen molar-refractivity contribution >= 4 is 11.9 Å². The van der Waals surface area contributed by atoms with E-state index in [2.05, 4.69) is 54.5 Å². The van der Waals surface area contributed by atoms with E-state index in [1.165, 1.54) is 17.7 Å². The number of carbonyl (C=O) groups excluding carboxylic acids is 1. The fourth-order valence-corrected chi connectivity index (χ4v) is 12.0. The van der Waals surface area contributed by atoms with Crippen molar-refractivity contribution in [3.63, 3.8) is 0 Å². The standard InChI is InChI=1S/C37H52O6/c1-32(2)18-19-37(31(41)42)17-14-26-34(5)15-12-25-33(3,4)29(43-30(40)22-8-10-23(38)11-9-22)24(39)20-36(25,7)27(34)13-16-35(26,6)28(37)21-32/h8-11,14,24-25,27-29,38-39H,12-13,15-21H2,1-7H3,(H,41,42)/t24-,25+,27?,28+,29+,34+,35-,36+,37-/m1/s1. The maximum atomic E-state index is 13.1. The number of phenols is 1. The number of allylic oxidation sites excluding steroid dienone is 2. The molecule has 1 aromatic rings. The van der Waals surface area contributed by atoms with Crippen LogP contribution in [0.4, 0.5) is 0 Å². The summed E-state index contributed by atoms with van der Waals surface area (Å²) in [4.78, 5) is 26.1. The maximum Gasteiger partial charge on any atom is 0.338 e. The summed E-state index contributed by atoms with van der Waals surface area (Å²) in [6.45, 7) is 16.2. The van der Waals surface area contributed by atoms with Crippen LogP contribution in [0.25, 0.3) is 0 Å². The van der Waals surface area contributed by atoms with E-state index in [4.69, 9.17) is 4.74 Å². The van der Waals surface area contributed by atoms with Gasteiger partial charge in [0.2, 0.25) is 0 Å². The monoisotopic (exact) mass is 592 g/mol. The third-order valence-corrected chi connectivity index (χ3v) is 14.0. The Labute approximate surface area is 257 Å². The number of aromatic hydroxyl groups is 1. The number of phenolic OH excluding ortho intramolecular Hbond substituents is 1. The van der Waals surface area contributed by atoms with E-state index in [0.717, 1.165) is 44.9 Å². The van der Waals surface area contributed by atoms with Crippen molar-refractivity contribution < 1.29 is 29.6 Å². The maximum absolute atomic E-state index is 13.1. The van der Waals surface area contributed by atoms with Gasteiger partial charge in [-0.1, -0.05) is 60.1 Å². The van der Waals surface area contributed by atoms with Crippen molar-refractivity contribution in [1.29, 1.82) is 0 Å². The Morgan fingerprint density at radius 3 is 2.05 bits per heavy atom. The molecule has 9 atom stereocenters. The lowest BCUT2D eigenvalue weighted by Gasteiger charge is -2.70. The lowest BCUT2D eigenvalue weighted by molar-refractivity contribution is -0.219. The first-order valence-corrected chi connectivity index (χ1v) is 16.5. The molecule has 236 valence electrons. The number of esters is 1. The number of aliphatic carboxylic acids is 1. The average Bonchev–Trinajstić information content (AvgIpc) is 2.90. The Bertz CT molecular complexity index is 1340. The molecular weight excluding hydrogens is 540 g/mol. The lowest BCUT2D eigenvalue weighted by Crippen LogP contribution is -2.66. The van der Waals surface area contributed by atoms with Gasteiger partial charge in [0, 0.05) is 5.41 Å². The fraction of sp³-hybridized carbons (Fsp3) is 0.730. The summed E-state index contributed by atoms with van der Waals surface area (Å²) >= 11 is 0. The molecule has 0 spiro atoms. The summed E-state index contributed by atoms with van der Waals surface area (Å²) in [6.07, 6.45) is 8.82. The minimum Gasteiger partial charge on any atom is -0.508 e. The van der Waals surface area contributed by atoms with Gasteiger partial charge in [-0.15, -0.1) is 0 Å². The van der Waals surface area contributed by atoms with Crippen LogP contribution < -0.4 is 0 Å². The van der Waals surface area contributed by atoms with Crippen LogP contribution in [0, 0.1) is 50.2 Å². The molecule has 6 rings (SSSR count). The fourth-order valence-electron chi connectivity index (χ4n) is 12.0. The highest BCUT2D eigenvalue weighted by Gasteiger charge is 2.69. The largest absolute Gasteiger partial charge is 0.508 e. The first-order chi connectivity index (χ1) is 19.9. The van der Waals surface area contributed by atoms with Gasteiger partial charge in [-0.2, -0.15) is 0 Å². The number of carboxylic acids is 1. The topological polar surface area (TPSA) is 104 Å². The van der Waals surface area contributed by atoms with Crippen LogP contribution in [0.5, 0.6) is 5.75 Å².